The minimum Gasteiger partial charge on any atom is -0.497 e. The number of aromatic nitrogens is 1. The van der Waals surface area contributed by atoms with Crippen LogP contribution in [-0.2, 0) is 16.8 Å². The van der Waals surface area contributed by atoms with Crippen LogP contribution in [0.4, 0.5) is 0 Å². The van der Waals surface area contributed by atoms with Gasteiger partial charge in [0.2, 0.25) is 5.91 Å². The number of nitrogens with one attached hydrogen (secondary N) is 1. The van der Waals surface area contributed by atoms with E-state index in [1.165, 1.54) is 5.56 Å². The predicted octanol–water partition coefficient (Wildman–Crippen LogP) is 2.83. The fraction of sp³-hybridized carbons (Fsp3) is 0.400. The van der Waals surface area contributed by atoms with Crippen LogP contribution >= 0.6 is 0 Å². The number of H-pyrrole nitrogens is 1. The molecule has 1 saturated heterocycles. The van der Waals surface area contributed by atoms with Gasteiger partial charge in [0.25, 0.3) is 0 Å². The Kier molecular flexibility index (Phi) is 5.10. The van der Waals surface area contributed by atoms with Gasteiger partial charge in [-0.05, 0) is 35.4 Å². The van der Waals surface area contributed by atoms with Crippen LogP contribution < -0.4 is 9.47 Å². The van der Waals surface area contributed by atoms with Gasteiger partial charge in [0.1, 0.15) is 11.5 Å². The van der Waals surface area contributed by atoms with Crippen LogP contribution in [0.2, 0.25) is 0 Å². The molecule has 0 unspecified atom stereocenters. The van der Waals surface area contributed by atoms with Crippen LogP contribution in [-0.4, -0.2) is 66.3 Å². The van der Waals surface area contributed by atoms with Crippen molar-refractivity contribution in [1.82, 2.24) is 14.8 Å². The van der Waals surface area contributed by atoms with Crippen LogP contribution in [0, 0.1) is 0 Å². The molecule has 2 aliphatic rings. The number of fused-ring (bicyclic) bond motifs is 4. The first-order valence-corrected chi connectivity index (χ1v) is 10.9. The molecule has 0 saturated carbocycles. The summed E-state index contributed by atoms with van der Waals surface area (Å²) >= 11 is 0. The van der Waals surface area contributed by atoms with Crippen molar-refractivity contribution in [2.75, 3.05) is 40.5 Å². The van der Waals surface area contributed by atoms with E-state index in [4.69, 9.17) is 9.47 Å². The van der Waals surface area contributed by atoms with E-state index in [2.05, 4.69) is 28.1 Å². The van der Waals surface area contributed by atoms with Crippen LogP contribution in [0.1, 0.15) is 29.8 Å². The monoisotopic (exact) mass is 435 g/mol. The number of aliphatic hydroxyl groups is 1. The highest BCUT2D eigenvalue weighted by molar-refractivity contribution is 5.88. The van der Waals surface area contributed by atoms with Gasteiger partial charge in [0.15, 0.2) is 0 Å². The molecule has 168 valence electrons. The van der Waals surface area contributed by atoms with E-state index in [1.54, 1.807) is 21.1 Å². The summed E-state index contributed by atoms with van der Waals surface area (Å²) in [6.07, 6.45) is 0. The predicted molar refractivity (Wildman–Crippen MR) is 122 cm³/mol. The summed E-state index contributed by atoms with van der Waals surface area (Å²) in [5, 5.41) is 11.6. The van der Waals surface area contributed by atoms with Crippen molar-refractivity contribution in [1.29, 1.82) is 0 Å². The van der Waals surface area contributed by atoms with Crippen LogP contribution in [0.3, 0.4) is 0 Å². The Balaban J connectivity index is 1.58. The van der Waals surface area contributed by atoms with Crippen molar-refractivity contribution < 1.29 is 19.4 Å². The molecule has 1 fully saturated rings. The molecule has 1 amide bonds. The van der Waals surface area contributed by atoms with Gasteiger partial charge in [-0.15, -0.1) is 0 Å². The molecule has 2 N–H and O–H groups in total. The summed E-state index contributed by atoms with van der Waals surface area (Å²) < 4.78 is 10.7. The van der Waals surface area contributed by atoms with Gasteiger partial charge < -0.3 is 24.5 Å². The van der Waals surface area contributed by atoms with Gasteiger partial charge in [0, 0.05) is 61.2 Å². The summed E-state index contributed by atoms with van der Waals surface area (Å²) in [4.78, 5) is 19.9. The number of hydrogen-bond acceptors (Lipinski definition) is 5. The lowest BCUT2D eigenvalue weighted by Gasteiger charge is -2.56. The van der Waals surface area contributed by atoms with E-state index in [9.17, 15) is 9.90 Å². The highest BCUT2D eigenvalue weighted by Gasteiger charge is 2.53. The van der Waals surface area contributed by atoms with Gasteiger partial charge in [-0.25, -0.2) is 0 Å². The molecule has 0 bridgehead atoms. The lowest BCUT2D eigenvalue weighted by atomic mass is 9.68. The molecule has 1 atom stereocenters. The number of methoxy groups -OCH3 is 2. The first kappa shape index (κ1) is 20.8. The van der Waals surface area contributed by atoms with Crippen LogP contribution in [0.25, 0.3) is 10.9 Å². The number of benzene rings is 2. The molecular weight excluding hydrogens is 406 g/mol. The second-order valence-corrected chi connectivity index (χ2v) is 8.93. The van der Waals surface area contributed by atoms with E-state index in [0.717, 1.165) is 40.2 Å². The van der Waals surface area contributed by atoms with E-state index < -0.39 is 0 Å². The van der Waals surface area contributed by atoms with Gasteiger partial charge in [-0.2, -0.15) is 0 Å². The SMILES string of the molecule is COc1ccc(CN2CC3(CN(C(C)=O)C3)c3c([nH]c4cc(OC)ccc34)[C@@H]2CO)cc1. The Morgan fingerprint density at radius 2 is 1.78 bits per heavy atom. The zero-order valence-corrected chi connectivity index (χ0v) is 18.7. The van der Waals surface area contributed by atoms with E-state index >= 15 is 0 Å². The molecule has 3 heterocycles. The number of rotatable bonds is 5. The first-order valence-electron chi connectivity index (χ1n) is 10.9. The molecule has 1 aromatic heterocycles. The third-order valence-corrected chi connectivity index (χ3v) is 6.99. The van der Waals surface area contributed by atoms with Gasteiger partial charge in [-0.3, -0.25) is 9.69 Å². The lowest BCUT2D eigenvalue weighted by Crippen LogP contribution is -2.67. The third kappa shape index (κ3) is 3.24. The summed E-state index contributed by atoms with van der Waals surface area (Å²) in [5.74, 6) is 1.72. The number of aliphatic hydroxyl groups excluding tert-OH is 1. The van der Waals surface area contributed by atoms with E-state index in [0.29, 0.717) is 19.6 Å². The fourth-order valence-electron chi connectivity index (χ4n) is 5.41. The average Bonchev–Trinajstić information content (AvgIpc) is 3.16. The topological polar surface area (TPSA) is 78.0 Å². The van der Waals surface area contributed by atoms with Crippen molar-refractivity contribution in [3.05, 3.63) is 59.3 Å². The van der Waals surface area contributed by atoms with Crippen LogP contribution in [0.15, 0.2) is 42.5 Å². The molecule has 2 aliphatic heterocycles. The normalized spacial score (nSPS) is 19.6. The molecular formula is C25H29N3O4. The molecule has 3 aromatic rings. The number of hydrogen-bond donors (Lipinski definition) is 2. The number of nitrogens with zero attached hydrogens (tertiary/aromatic N) is 2. The number of aromatic amines is 1. The number of likely N-dealkylation sites (tertiary alicyclic amines) is 1. The number of carbonyl (C=O) groups is 1. The zero-order chi connectivity index (χ0) is 22.5. The fourth-order valence-corrected chi connectivity index (χ4v) is 5.41. The Morgan fingerprint density at radius 1 is 1.09 bits per heavy atom. The highest BCUT2D eigenvalue weighted by atomic mass is 16.5. The minimum absolute atomic E-state index is 0.0135. The molecule has 7 nitrogen and oxygen atoms in total. The maximum Gasteiger partial charge on any atom is 0.219 e. The third-order valence-electron chi connectivity index (χ3n) is 6.99. The number of ether oxygens (including phenoxy) is 2. The van der Waals surface area contributed by atoms with Crippen LogP contribution in [0.5, 0.6) is 11.5 Å². The first-order chi connectivity index (χ1) is 15.5. The second kappa shape index (κ2) is 7.83. The summed E-state index contributed by atoms with van der Waals surface area (Å²) in [6, 6.07) is 14.0. The van der Waals surface area contributed by atoms with Crippen molar-refractivity contribution in [2.45, 2.75) is 24.9 Å². The molecule has 32 heavy (non-hydrogen) atoms. The van der Waals surface area contributed by atoms with Crippen molar-refractivity contribution in [3.63, 3.8) is 0 Å². The van der Waals surface area contributed by atoms with Gasteiger partial charge >= 0.3 is 0 Å². The molecule has 0 radical (unpaired) electrons. The molecule has 5 rings (SSSR count). The number of carbonyl (C=O) groups excluding carboxylic acids is 1. The van der Waals surface area contributed by atoms with E-state index in [1.807, 2.05) is 29.2 Å². The Morgan fingerprint density at radius 3 is 2.41 bits per heavy atom. The van der Waals surface area contributed by atoms with Gasteiger partial charge in [-0.1, -0.05) is 12.1 Å². The largest absolute Gasteiger partial charge is 0.497 e. The molecule has 7 heteroatoms. The standard InChI is InChI=1S/C25H29N3O4/c1-16(30)28-14-25(15-28)13-27(11-17-4-6-18(31-2)7-5-17)22(12-29)24-23(25)20-9-8-19(32-3)10-21(20)26-24/h4-10,22,26,29H,11-15H2,1-3H3/t22-/m0/s1. The summed E-state index contributed by atoms with van der Waals surface area (Å²) in [5.41, 5.74) is 4.27. The smallest absolute Gasteiger partial charge is 0.219 e. The average molecular weight is 436 g/mol. The maximum atomic E-state index is 12.0. The van der Waals surface area contributed by atoms with Crippen molar-refractivity contribution in [2.24, 2.45) is 0 Å². The zero-order valence-electron chi connectivity index (χ0n) is 18.7. The molecule has 2 aromatic carbocycles. The van der Waals surface area contributed by atoms with E-state index in [-0.39, 0.29) is 24.0 Å². The summed E-state index contributed by atoms with van der Waals surface area (Å²) in [7, 11) is 3.32. The number of amides is 1. The maximum absolute atomic E-state index is 12.0. The van der Waals surface area contributed by atoms with Gasteiger partial charge in [0.05, 0.1) is 26.9 Å². The van der Waals surface area contributed by atoms with Crippen molar-refractivity contribution >= 4 is 16.8 Å². The second-order valence-electron chi connectivity index (χ2n) is 8.93. The molecule has 1 spiro atoms. The minimum atomic E-state index is -0.161. The highest BCUT2D eigenvalue weighted by Crippen LogP contribution is 2.48. The Bertz CT molecular complexity index is 1150. The quantitative estimate of drug-likeness (QED) is 0.645. The summed E-state index contributed by atoms with van der Waals surface area (Å²) in [6.45, 7) is 4.49. The molecule has 0 aliphatic carbocycles. The Hall–Kier alpha value is -3.03. The Labute approximate surface area is 187 Å². The lowest BCUT2D eigenvalue weighted by molar-refractivity contribution is -0.138. The van der Waals surface area contributed by atoms with Crippen molar-refractivity contribution in [3.8, 4) is 11.5 Å².